The predicted octanol–water partition coefficient (Wildman–Crippen LogP) is 3.61. The van der Waals surface area contributed by atoms with Crippen molar-refractivity contribution < 1.29 is 28.8 Å². The molecule has 2 aromatic carbocycles. The molecule has 0 aromatic heterocycles. The average molecular weight is 346 g/mol. The third-order valence-corrected chi connectivity index (χ3v) is 3.66. The van der Waals surface area contributed by atoms with Gasteiger partial charge in [0, 0.05) is 0 Å². The van der Waals surface area contributed by atoms with Gasteiger partial charge < -0.3 is 28.8 Å². The number of benzene rings is 2. The Morgan fingerprint density at radius 1 is 0.600 bits per heavy atom. The third-order valence-electron chi connectivity index (χ3n) is 3.66. The quantitative estimate of drug-likeness (QED) is 0.773. The fourth-order valence-corrected chi connectivity index (χ4v) is 2.40. The van der Waals surface area contributed by atoms with Crippen LogP contribution in [0, 0.1) is 0 Å². The molecule has 0 saturated heterocycles. The van der Waals surface area contributed by atoms with Crippen LogP contribution in [0.25, 0.3) is 12.2 Å². The van der Waals surface area contributed by atoms with E-state index in [1.807, 2.05) is 24.3 Å². The molecular weight excluding hydrogens is 324 g/mol. The Labute approximate surface area is 147 Å². The molecule has 0 radical (unpaired) electrons. The van der Waals surface area contributed by atoms with Crippen LogP contribution in [0.1, 0.15) is 11.1 Å². The van der Waals surface area contributed by atoms with Gasteiger partial charge in [0.15, 0.2) is 23.0 Å². The normalized spacial score (nSPS) is 10.6. The minimum atomic E-state index is -0.0325. The molecule has 1 N–H and O–H groups in total. The molecule has 0 fully saturated rings. The van der Waals surface area contributed by atoms with Crippen LogP contribution in [-0.4, -0.2) is 40.7 Å². The maximum absolute atomic E-state index is 9.97. The van der Waals surface area contributed by atoms with Gasteiger partial charge in [-0.3, -0.25) is 0 Å². The molecule has 0 heterocycles. The zero-order valence-corrected chi connectivity index (χ0v) is 15.0. The van der Waals surface area contributed by atoms with E-state index in [0.29, 0.717) is 28.7 Å². The SMILES string of the molecule is COc1cc(C=Cc2cc(OC)c(OC)c(OC)c2)cc(OC)c1O. The first-order chi connectivity index (χ1) is 12.1. The van der Waals surface area contributed by atoms with E-state index < -0.39 is 0 Å². The van der Waals surface area contributed by atoms with E-state index in [2.05, 4.69) is 0 Å². The largest absolute Gasteiger partial charge is 0.502 e. The molecule has 0 atom stereocenters. The van der Waals surface area contributed by atoms with Crippen molar-refractivity contribution in [3.8, 4) is 34.5 Å². The van der Waals surface area contributed by atoms with Crippen LogP contribution in [0.2, 0.25) is 0 Å². The fraction of sp³-hybridized carbons (Fsp3) is 0.263. The van der Waals surface area contributed by atoms with Gasteiger partial charge in [-0.1, -0.05) is 12.2 Å². The van der Waals surface area contributed by atoms with Crippen molar-refractivity contribution in [1.29, 1.82) is 0 Å². The van der Waals surface area contributed by atoms with Crippen LogP contribution >= 0.6 is 0 Å². The second-order valence-corrected chi connectivity index (χ2v) is 5.07. The van der Waals surface area contributed by atoms with E-state index in [1.54, 1.807) is 33.5 Å². The standard InChI is InChI=1S/C19H22O6/c1-21-14-8-12(9-15(22-2)18(14)20)6-7-13-10-16(23-3)19(25-5)17(11-13)24-4/h6-11,20H,1-5H3. The van der Waals surface area contributed by atoms with Gasteiger partial charge in [-0.25, -0.2) is 0 Å². The molecule has 134 valence electrons. The highest BCUT2D eigenvalue weighted by Gasteiger charge is 2.13. The van der Waals surface area contributed by atoms with Crippen molar-refractivity contribution in [1.82, 2.24) is 0 Å². The summed E-state index contributed by atoms with van der Waals surface area (Å²) in [4.78, 5) is 0. The van der Waals surface area contributed by atoms with Crippen LogP contribution in [-0.2, 0) is 0 Å². The Bertz CT molecular complexity index is 716. The second kappa shape index (κ2) is 8.19. The smallest absolute Gasteiger partial charge is 0.203 e. The lowest BCUT2D eigenvalue weighted by Gasteiger charge is -2.13. The van der Waals surface area contributed by atoms with E-state index in [0.717, 1.165) is 11.1 Å². The van der Waals surface area contributed by atoms with E-state index in [4.69, 9.17) is 23.7 Å². The highest BCUT2D eigenvalue weighted by atomic mass is 16.5. The van der Waals surface area contributed by atoms with Crippen molar-refractivity contribution in [2.45, 2.75) is 0 Å². The van der Waals surface area contributed by atoms with Gasteiger partial charge in [0.05, 0.1) is 35.5 Å². The number of rotatable bonds is 7. The lowest BCUT2D eigenvalue weighted by Crippen LogP contribution is -1.95. The van der Waals surface area contributed by atoms with Crippen molar-refractivity contribution >= 4 is 12.2 Å². The molecule has 2 rings (SSSR count). The molecule has 0 amide bonds. The lowest BCUT2D eigenvalue weighted by molar-refractivity contribution is 0.324. The molecule has 2 aromatic rings. The molecule has 0 aliphatic heterocycles. The summed E-state index contributed by atoms with van der Waals surface area (Å²) in [5.41, 5.74) is 1.67. The minimum absolute atomic E-state index is 0.0325. The zero-order chi connectivity index (χ0) is 18.4. The van der Waals surface area contributed by atoms with E-state index in [9.17, 15) is 5.11 Å². The summed E-state index contributed by atoms with van der Waals surface area (Å²) in [6.07, 6.45) is 3.75. The van der Waals surface area contributed by atoms with E-state index in [-0.39, 0.29) is 5.75 Å². The highest BCUT2D eigenvalue weighted by molar-refractivity contribution is 5.74. The topological polar surface area (TPSA) is 66.4 Å². The highest BCUT2D eigenvalue weighted by Crippen LogP contribution is 2.40. The summed E-state index contributed by atoms with van der Waals surface area (Å²) in [5, 5.41) is 9.97. The van der Waals surface area contributed by atoms with Crippen LogP contribution < -0.4 is 23.7 Å². The average Bonchev–Trinajstić information content (AvgIpc) is 2.65. The molecule has 6 nitrogen and oxygen atoms in total. The lowest BCUT2D eigenvalue weighted by atomic mass is 10.1. The van der Waals surface area contributed by atoms with Crippen molar-refractivity contribution in [2.24, 2.45) is 0 Å². The fourth-order valence-electron chi connectivity index (χ4n) is 2.40. The molecule has 6 heteroatoms. The van der Waals surface area contributed by atoms with Gasteiger partial charge in [-0.2, -0.15) is 0 Å². The second-order valence-electron chi connectivity index (χ2n) is 5.07. The Morgan fingerprint density at radius 2 is 0.960 bits per heavy atom. The molecule has 0 bridgehead atoms. The summed E-state index contributed by atoms with van der Waals surface area (Å²) >= 11 is 0. The first-order valence-corrected chi connectivity index (χ1v) is 7.51. The molecule has 25 heavy (non-hydrogen) atoms. The van der Waals surface area contributed by atoms with Crippen molar-refractivity contribution in [3.05, 3.63) is 35.4 Å². The number of phenolic OH excluding ortho intramolecular Hbond substituents is 1. The Morgan fingerprint density at radius 3 is 1.28 bits per heavy atom. The number of hydrogen-bond donors (Lipinski definition) is 1. The number of methoxy groups -OCH3 is 5. The van der Waals surface area contributed by atoms with Gasteiger partial charge >= 0.3 is 0 Å². The molecular formula is C19H22O6. The number of hydrogen-bond acceptors (Lipinski definition) is 6. The van der Waals surface area contributed by atoms with E-state index >= 15 is 0 Å². The maximum atomic E-state index is 9.97. The van der Waals surface area contributed by atoms with Gasteiger partial charge in [0.1, 0.15) is 0 Å². The first kappa shape index (κ1) is 18.3. The summed E-state index contributed by atoms with van der Waals surface area (Å²) < 4.78 is 26.3. The van der Waals surface area contributed by atoms with Crippen molar-refractivity contribution in [3.63, 3.8) is 0 Å². The van der Waals surface area contributed by atoms with Crippen LogP contribution in [0.15, 0.2) is 24.3 Å². The van der Waals surface area contributed by atoms with Crippen molar-refractivity contribution in [2.75, 3.05) is 35.5 Å². The Balaban J connectivity index is 2.42. The summed E-state index contributed by atoms with van der Waals surface area (Å²) in [7, 11) is 7.67. The molecule has 0 spiro atoms. The van der Waals surface area contributed by atoms with Gasteiger partial charge in [0.2, 0.25) is 11.5 Å². The van der Waals surface area contributed by atoms with Gasteiger partial charge in [-0.05, 0) is 35.4 Å². The summed E-state index contributed by atoms with van der Waals surface area (Å²) in [6.45, 7) is 0. The monoisotopic (exact) mass is 346 g/mol. The number of ether oxygens (including phenoxy) is 5. The van der Waals surface area contributed by atoms with Crippen LogP contribution in [0.5, 0.6) is 34.5 Å². The molecule has 0 saturated carbocycles. The molecule has 0 aliphatic rings. The van der Waals surface area contributed by atoms with E-state index in [1.165, 1.54) is 14.2 Å². The van der Waals surface area contributed by atoms with Gasteiger partial charge in [-0.15, -0.1) is 0 Å². The Hall–Kier alpha value is -3.02. The Kier molecular flexibility index (Phi) is 6.00. The predicted molar refractivity (Wildman–Crippen MR) is 96.2 cm³/mol. The van der Waals surface area contributed by atoms with Gasteiger partial charge in [0.25, 0.3) is 0 Å². The molecule has 0 unspecified atom stereocenters. The first-order valence-electron chi connectivity index (χ1n) is 7.51. The van der Waals surface area contributed by atoms with Crippen LogP contribution in [0.3, 0.4) is 0 Å². The minimum Gasteiger partial charge on any atom is -0.502 e. The summed E-state index contributed by atoms with van der Waals surface area (Å²) in [5.74, 6) is 2.32. The molecule has 0 aliphatic carbocycles. The summed E-state index contributed by atoms with van der Waals surface area (Å²) in [6, 6.07) is 7.11. The third kappa shape index (κ3) is 3.91. The van der Waals surface area contributed by atoms with Crippen LogP contribution in [0.4, 0.5) is 0 Å². The number of aromatic hydroxyl groups is 1. The maximum Gasteiger partial charge on any atom is 0.203 e. The zero-order valence-electron chi connectivity index (χ0n) is 15.0. The number of phenols is 1.